The van der Waals surface area contributed by atoms with Crippen molar-refractivity contribution in [1.82, 2.24) is 0 Å². The van der Waals surface area contributed by atoms with Gasteiger partial charge >= 0.3 is 37.7 Å². The van der Waals surface area contributed by atoms with Gasteiger partial charge in [-0.05, 0) is 12.8 Å². The molecule has 8 nitrogen and oxygen atoms in total. The summed E-state index contributed by atoms with van der Waals surface area (Å²) in [5, 5.41) is 0. The molecule has 0 saturated carbocycles. The Labute approximate surface area is 170 Å². The average Bonchev–Trinajstić information content (AvgIpc) is 2.36. The fourth-order valence-electron chi connectivity index (χ4n) is 1.38. The Hall–Kier alpha value is 1.000. The molecule has 0 aromatic carbocycles. The minimum Gasteiger partial charge on any atom is -0.726 e. The Balaban J connectivity index is -0.000000333. The maximum Gasteiger partial charge on any atom is 2.00 e. The quantitative estimate of drug-likeness (QED) is 0.208. The van der Waals surface area contributed by atoms with E-state index in [-0.39, 0.29) is 51.0 Å². The molecule has 0 fully saturated rings. The minimum atomic E-state index is -4.46. The minimum absolute atomic E-state index is 0. The second-order valence-electron chi connectivity index (χ2n) is 4.58. The van der Waals surface area contributed by atoms with Crippen molar-refractivity contribution in [3.05, 3.63) is 0 Å². The van der Waals surface area contributed by atoms with Crippen LogP contribution in [0.4, 0.5) is 0 Å². The van der Waals surface area contributed by atoms with Crippen molar-refractivity contribution in [3.8, 4) is 0 Å². The van der Waals surface area contributed by atoms with Gasteiger partial charge in [0.2, 0.25) is 20.8 Å². The Bertz CT molecular complexity index is 394. The van der Waals surface area contributed by atoms with Crippen LogP contribution < -0.4 is 0 Å². The van der Waals surface area contributed by atoms with E-state index in [1.165, 1.54) is 0 Å². The summed E-state index contributed by atoms with van der Waals surface area (Å²) >= 11 is 0. The van der Waals surface area contributed by atoms with Gasteiger partial charge in [-0.2, -0.15) is 0 Å². The zero-order chi connectivity index (χ0) is 17.5. The fraction of sp³-hybridized carbons (Fsp3) is 1.00. The van der Waals surface area contributed by atoms with Crippen molar-refractivity contribution < 1.29 is 34.3 Å². The van der Waals surface area contributed by atoms with Crippen molar-refractivity contribution in [2.45, 2.75) is 65.2 Å². The molecular weight excluding hydrogens is 376 g/mol. The van der Waals surface area contributed by atoms with Crippen LogP contribution in [0.25, 0.3) is 0 Å². The van der Waals surface area contributed by atoms with Gasteiger partial charge in [0.25, 0.3) is 0 Å². The molecule has 0 N–H and O–H groups in total. The second-order valence-corrected chi connectivity index (χ2v) is 6.69. The van der Waals surface area contributed by atoms with Crippen LogP contribution in [0.2, 0.25) is 0 Å². The van der Waals surface area contributed by atoms with E-state index < -0.39 is 20.8 Å². The van der Waals surface area contributed by atoms with Crippen LogP contribution in [-0.2, 0) is 29.2 Å². The first-order chi connectivity index (χ1) is 10.1. The number of rotatable bonds is 12. The maximum absolute atomic E-state index is 9.89. The summed E-state index contributed by atoms with van der Waals surface area (Å²) in [6.07, 6.45) is 7.32. The molecule has 0 heterocycles. The van der Waals surface area contributed by atoms with Gasteiger partial charge < -0.3 is 9.11 Å². The zero-order valence-electron chi connectivity index (χ0n) is 13.9. The molecule has 0 atom stereocenters. The summed E-state index contributed by atoms with van der Waals surface area (Å²) in [6, 6.07) is 0. The largest absolute Gasteiger partial charge is 2.00 e. The van der Waals surface area contributed by atoms with Gasteiger partial charge in [-0.3, -0.25) is 8.37 Å². The Morgan fingerprint density at radius 2 is 0.957 bits per heavy atom. The molecule has 0 unspecified atom stereocenters. The van der Waals surface area contributed by atoms with E-state index in [9.17, 15) is 25.9 Å². The molecule has 136 valence electrons. The van der Waals surface area contributed by atoms with E-state index in [4.69, 9.17) is 0 Å². The van der Waals surface area contributed by atoms with Crippen LogP contribution in [0, 0.1) is 0 Å². The van der Waals surface area contributed by atoms with Gasteiger partial charge in [0, 0.05) is 0 Å². The fourth-order valence-corrected chi connectivity index (χ4v) is 2.02. The van der Waals surface area contributed by atoms with Crippen LogP contribution in [0.5, 0.6) is 0 Å². The third-order valence-corrected chi connectivity index (χ3v) is 3.36. The van der Waals surface area contributed by atoms with Crippen LogP contribution in [0.3, 0.4) is 0 Å². The molecule has 0 spiro atoms. The first-order valence-electron chi connectivity index (χ1n) is 7.32. The molecule has 11 heteroatoms. The first-order valence-corrected chi connectivity index (χ1v) is 9.99. The molecule has 0 aliphatic heterocycles. The topological polar surface area (TPSA) is 133 Å². The predicted octanol–water partition coefficient (Wildman–Crippen LogP) is 1.71. The van der Waals surface area contributed by atoms with E-state index in [1.807, 2.05) is 13.8 Å². The van der Waals surface area contributed by atoms with E-state index in [0.717, 1.165) is 38.5 Å². The van der Waals surface area contributed by atoms with Crippen molar-refractivity contribution in [1.29, 1.82) is 0 Å². The molecule has 23 heavy (non-hydrogen) atoms. The van der Waals surface area contributed by atoms with Gasteiger partial charge in [-0.25, -0.2) is 16.8 Å². The molecule has 0 rings (SSSR count). The molecule has 0 amide bonds. The van der Waals surface area contributed by atoms with E-state index >= 15 is 0 Å². The first kappa shape index (κ1) is 28.8. The molecule has 0 bridgehead atoms. The van der Waals surface area contributed by atoms with E-state index in [1.54, 1.807) is 0 Å². The predicted molar refractivity (Wildman–Crippen MR) is 85.3 cm³/mol. The van der Waals surface area contributed by atoms with Gasteiger partial charge in [-0.1, -0.05) is 52.4 Å². The standard InChI is InChI=1S/2C6H14O4S.Ca/c2*1-2-3-4-5-6-10-11(7,8)9;/h2*2-6H2,1H3,(H,7,8,9);/q;;+2/p-2. The summed E-state index contributed by atoms with van der Waals surface area (Å²) in [4.78, 5) is 0. The molecule has 0 aliphatic carbocycles. The van der Waals surface area contributed by atoms with Crippen molar-refractivity contribution in [2.24, 2.45) is 0 Å². The molecule has 0 radical (unpaired) electrons. The van der Waals surface area contributed by atoms with Crippen LogP contribution >= 0.6 is 0 Å². The summed E-state index contributed by atoms with van der Waals surface area (Å²) < 4.78 is 67.3. The van der Waals surface area contributed by atoms with Gasteiger partial charge in [0.1, 0.15) is 0 Å². The number of hydrogen-bond acceptors (Lipinski definition) is 8. The molecule has 0 aromatic heterocycles. The monoisotopic (exact) mass is 402 g/mol. The molecule has 0 aliphatic rings. The molecular formula is C12H26CaO8S2. The third-order valence-electron chi connectivity index (χ3n) is 2.45. The van der Waals surface area contributed by atoms with Crippen molar-refractivity contribution >= 4 is 58.5 Å². The smallest absolute Gasteiger partial charge is 0.726 e. The molecule has 0 saturated heterocycles. The van der Waals surface area contributed by atoms with E-state index in [2.05, 4.69) is 8.37 Å². The SMILES string of the molecule is CCCCCCOS(=O)(=O)[O-].CCCCCCOS(=O)(=O)[O-].[Ca+2]. The Morgan fingerprint density at radius 3 is 1.17 bits per heavy atom. The average molecular weight is 403 g/mol. The van der Waals surface area contributed by atoms with Gasteiger partial charge in [-0.15, -0.1) is 0 Å². The Kier molecular flexibility index (Phi) is 22.3. The second kappa shape index (κ2) is 17.8. The normalized spacial score (nSPS) is 11.3. The number of hydrogen-bond donors (Lipinski definition) is 0. The van der Waals surface area contributed by atoms with Gasteiger partial charge in [0.15, 0.2) is 0 Å². The number of unbranched alkanes of at least 4 members (excludes halogenated alkanes) is 6. The zero-order valence-corrected chi connectivity index (χ0v) is 17.7. The Morgan fingerprint density at radius 1 is 0.652 bits per heavy atom. The van der Waals surface area contributed by atoms with Crippen molar-refractivity contribution in [3.63, 3.8) is 0 Å². The van der Waals surface area contributed by atoms with Crippen LogP contribution in [0.15, 0.2) is 0 Å². The maximum atomic E-state index is 9.89. The van der Waals surface area contributed by atoms with Crippen LogP contribution in [-0.4, -0.2) is 76.9 Å². The summed E-state index contributed by atoms with van der Waals surface area (Å²) in [6.45, 7) is 4.13. The third kappa shape index (κ3) is 35.1. The summed E-state index contributed by atoms with van der Waals surface area (Å²) in [5.74, 6) is 0. The summed E-state index contributed by atoms with van der Waals surface area (Å²) in [7, 11) is -8.92. The van der Waals surface area contributed by atoms with Crippen LogP contribution in [0.1, 0.15) is 65.2 Å². The van der Waals surface area contributed by atoms with Gasteiger partial charge in [0.05, 0.1) is 13.2 Å². The molecule has 0 aromatic rings. The summed E-state index contributed by atoms with van der Waals surface area (Å²) in [5.41, 5.74) is 0. The van der Waals surface area contributed by atoms with Crippen molar-refractivity contribution in [2.75, 3.05) is 13.2 Å². The van der Waals surface area contributed by atoms with E-state index in [0.29, 0.717) is 12.8 Å².